The molecular formula is C30H34F4O. The fourth-order valence-corrected chi connectivity index (χ4v) is 4.40. The minimum Gasteiger partial charge on any atom is -0.373 e. The van der Waals surface area contributed by atoms with E-state index in [1.54, 1.807) is 43.3 Å². The maximum Gasteiger partial charge on any atom is 0.167 e. The number of rotatable bonds is 10. The highest BCUT2D eigenvalue weighted by Crippen LogP contribution is 2.36. The number of hydrogen-bond acceptors (Lipinski definition) is 1. The van der Waals surface area contributed by atoms with Gasteiger partial charge in [-0.1, -0.05) is 81.3 Å². The third-order valence-electron chi connectivity index (χ3n) is 6.72. The third-order valence-corrected chi connectivity index (χ3v) is 6.72. The van der Waals surface area contributed by atoms with E-state index in [2.05, 4.69) is 13.5 Å². The Morgan fingerprint density at radius 3 is 2.37 bits per heavy atom. The predicted molar refractivity (Wildman–Crippen MR) is 135 cm³/mol. The smallest absolute Gasteiger partial charge is 0.167 e. The van der Waals surface area contributed by atoms with Crippen LogP contribution < -0.4 is 0 Å². The summed E-state index contributed by atoms with van der Waals surface area (Å²) >= 11 is 0. The van der Waals surface area contributed by atoms with Crippen molar-refractivity contribution in [1.82, 2.24) is 0 Å². The molecule has 0 spiro atoms. The van der Waals surface area contributed by atoms with Gasteiger partial charge in [-0.2, -0.15) is 0 Å². The molecule has 3 rings (SSSR count). The zero-order valence-corrected chi connectivity index (χ0v) is 20.6. The number of benzene rings is 2. The molecule has 0 bridgehead atoms. The summed E-state index contributed by atoms with van der Waals surface area (Å²) in [5.74, 6) is -1.88. The molecule has 1 heterocycles. The molecule has 0 aromatic heterocycles. The molecule has 2 atom stereocenters. The highest BCUT2D eigenvalue weighted by Gasteiger charge is 2.27. The molecular weight excluding hydrogens is 452 g/mol. The van der Waals surface area contributed by atoms with Gasteiger partial charge in [-0.25, -0.2) is 17.6 Å². The van der Waals surface area contributed by atoms with Crippen LogP contribution in [0.5, 0.6) is 0 Å². The fraction of sp³-hybridized carbons (Fsp3) is 0.400. The molecule has 1 aliphatic heterocycles. The number of alkyl halides is 1. The average molecular weight is 487 g/mol. The molecule has 35 heavy (non-hydrogen) atoms. The van der Waals surface area contributed by atoms with Gasteiger partial charge in [0.25, 0.3) is 0 Å². The van der Waals surface area contributed by atoms with Crippen molar-refractivity contribution in [3.63, 3.8) is 0 Å². The topological polar surface area (TPSA) is 9.23 Å². The van der Waals surface area contributed by atoms with Crippen molar-refractivity contribution in [2.45, 2.75) is 58.5 Å². The van der Waals surface area contributed by atoms with Crippen molar-refractivity contribution in [1.29, 1.82) is 0 Å². The molecule has 0 N–H and O–H groups in total. The van der Waals surface area contributed by atoms with Gasteiger partial charge in [0.05, 0.1) is 12.7 Å². The minimum absolute atomic E-state index is 0.140. The van der Waals surface area contributed by atoms with Crippen LogP contribution in [0.1, 0.15) is 69.6 Å². The van der Waals surface area contributed by atoms with Crippen LogP contribution in [0.2, 0.25) is 0 Å². The maximum absolute atomic E-state index is 15.0. The van der Waals surface area contributed by atoms with Gasteiger partial charge in [0.1, 0.15) is 12.5 Å². The highest BCUT2D eigenvalue weighted by molar-refractivity contribution is 5.72. The van der Waals surface area contributed by atoms with E-state index in [4.69, 9.17) is 4.74 Å². The summed E-state index contributed by atoms with van der Waals surface area (Å²) in [4.78, 5) is 0. The Bertz CT molecular complexity index is 1060. The molecule has 0 aliphatic carbocycles. The van der Waals surface area contributed by atoms with E-state index in [-0.39, 0.29) is 11.1 Å². The molecule has 1 nitrogen and oxygen atoms in total. The van der Waals surface area contributed by atoms with Crippen LogP contribution in [0.25, 0.3) is 16.7 Å². The fourth-order valence-electron chi connectivity index (χ4n) is 4.40. The molecule has 1 saturated heterocycles. The first-order valence-electron chi connectivity index (χ1n) is 12.3. The van der Waals surface area contributed by atoms with Crippen LogP contribution in [-0.2, 0) is 4.74 Å². The standard InChI is InChI=1S/C30H34F4O/c1-4-5-6-7-22-9-17-28(35-19-22)27-16-15-26(29(33)30(27)34)24-13-11-23(12-14-24)25(18-31)10-8-20(2)21(3)32/h8,10-16,22,28H,3-7,9,17-19H2,1-2H3/b20-8-,25-10+. The van der Waals surface area contributed by atoms with E-state index in [9.17, 15) is 8.78 Å². The second-order valence-electron chi connectivity index (χ2n) is 9.25. The Labute approximate surface area is 206 Å². The van der Waals surface area contributed by atoms with Gasteiger partial charge in [0, 0.05) is 11.1 Å². The van der Waals surface area contributed by atoms with Gasteiger partial charge < -0.3 is 4.74 Å². The van der Waals surface area contributed by atoms with Gasteiger partial charge in [-0.3, -0.25) is 0 Å². The van der Waals surface area contributed by atoms with Crippen LogP contribution in [0.15, 0.2) is 66.5 Å². The molecule has 0 radical (unpaired) electrons. The average Bonchev–Trinajstić information content (AvgIpc) is 2.87. The van der Waals surface area contributed by atoms with Gasteiger partial charge in [-0.05, 0) is 54.4 Å². The summed E-state index contributed by atoms with van der Waals surface area (Å²) in [5, 5.41) is 0. The molecule has 5 heteroatoms. The summed E-state index contributed by atoms with van der Waals surface area (Å²) in [6.07, 6.45) is 8.84. The van der Waals surface area contributed by atoms with E-state index >= 15 is 8.78 Å². The maximum atomic E-state index is 15.0. The second kappa shape index (κ2) is 12.9. The summed E-state index contributed by atoms with van der Waals surface area (Å²) < 4.78 is 62.6. The number of unbranched alkanes of at least 4 members (excludes halogenated alkanes) is 2. The lowest BCUT2D eigenvalue weighted by Gasteiger charge is -2.29. The van der Waals surface area contributed by atoms with Crippen LogP contribution in [0.4, 0.5) is 17.6 Å². The van der Waals surface area contributed by atoms with Crippen LogP contribution in [0.3, 0.4) is 0 Å². The normalized spacial score (nSPS) is 19.1. The van der Waals surface area contributed by atoms with E-state index < -0.39 is 30.2 Å². The lowest BCUT2D eigenvalue weighted by molar-refractivity contribution is -0.0218. The monoisotopic (exact) mass is 486 g/mol. The first-order chi connectivity index (χ1) is 16.8. The van der Waals surface area contributed by atoms with E-state index in [1.165, 1.54) is 31.4 Å². The first-order valence-corrected chi connectivity index (χ1v) is 12.3. The summed E-state index contributed by atoms with van der Waals surface area (Å²) in [6.45, 7) is 6.76. The number of halogens is 4. The Hall–Kier alpha value is -2.66. The van der Waals surface area contributed by atoms with E-state index in [0.29, 0.717) is 41.2 Å². The van der Waals surface area contributed by atoms with Gasteiger partial charge >= 0.3 is 0 Å². The van der Waals surface area contributed by atoms with Crippen molar-refractivity contribution in [3.05, 3.63) is 89.3 Å². The van der Waals surface area contributed by atoms with Gasteiger partial charge in [-0.15, -0.1) is 0 Å². The van der Waals surface area contributed by atoms with Crippen molar-refractivity contribution >= 4 is 5.57 Å². The number of allylic oxidation sites excluding steroid dienone is 5. The highest BCUT2D eigenvalue weighted by atomic mass is 19.2. The van der Waals surface area contributed by atoms with Crippen LogP contribution in [-0.4, -0.2) is 13.3 Å². The lowest BCUT2D eigenvalue weighted by Crippen LogP contribution is -2.21. The molecule has 0 amide bonds. The third kappa shape index (κ3) is 6.94. The first kappa shape index (κ1) is 26.9. The van der Waals surface area contributed by atoms with Gasteiger partial charge in [0.15, 0.2) is 11.6 Å². The SMILES string of the molecule is C=C(F)/C(C)=C\C=C(/CF)c1ccc(-c2ccc(C3CCC(CCCCC)CO3)c(F)c2F)cc1. The zero-order chi connectivity index (χ0) is 25.4. The van der Waals surface area contributed by atoms with Crippen LogP contribution >= 0.6 is 0 Å². The number of hydrogen-bond donors (Lipinski definition) is 0. The molecule has 1 fully saturated rings. The predicted octanol–water partition coefficient (Wildman–Crippen LogP) is 9.46. The minimum atomic E-state index is -0.912. The molecule has 2 aromatic carbocycles. The van der Waals surface area contributed by atoms with Crippen molar-refractivity contribution in [2.75, 3.05) is 13.3 Å². The molecule has 0 saturated carbocycles. The number of ether oxygens (including phenoxy) is 1. The summed E-state index contributed by atoms with van der Waals surface area (Å²) in [5.41, 5.74) is 2.11. The van der Waals surface area contributed by atoms with E-state index in [0.717, 1.165) is 12.8 Å². The quantitative estimate of drug-likeness (QED) is 0.185. The largest absolute Gasteiger partial charge is 0.373 e. The Balaban J connectivity index is 1.73. The molecule has 188 valence electrons. The van der Waals surface area contributed by atoms with E-state index in [1.807, 2.05) is 0 Å². The molecule has 2 aromatic rings. The van der Waals surface area contributed by atoms with Crippen molar-refractivity contribution in [3.8, 4) is 11.1 Å². The summed E-state index contributed by atoms with van der Waals surface area (Å²) in [6, 6.07) is 9.71. The van der Waals surface area contributed by atoms with Crippen molar-refractivity contribution < 1.29 is 22.3 Å². The van der Waals surface area contributed by atoms with Gasteiger partial charge in [0.2, 0.25) is 0 Å². The molecule has 1 aliphatic rings. The molecule has 2 unspecified atom stereocenters. The zero-order valence-electron chi connectivity index (χ0n) is 20.6. The lowest BCUT2D eigenvalue weighted by atomic mass is 9.90. The Kier molecular flexibility index (Phi) is 9.91. The Morgan fingerprint density at radius 1 is 1.03 bits per heavy atom. The Morgan fingerprint density at radius 2 is 1.77 bits per heavy atom. The second-order valence-corrected chi connectivity index (χ2v) is 9.25. The van der Waals surface area contributed by atoms with Crippen molar-refractivity contribution in [2.24, 2.45) is 5.92 Å². The van der Waals surface area contributed by atoms with Crippen LogP contribution in [0, 0.1) is 17.6 Å². The summed E-state index contributed by atoms with van der Waals surface area (Å²) in [7, 11) is 0.